The molecule has 1 fully saturated rings. The van der Waals surface area contributed by atoms with E-state index in [1.54, 1.807) is 37.4 Å². The summed E-state index contributed by atoms with van der Waals surface area (Å²) in [4.78, 5) is 27.4. The Morgan fingerprint density at radius 3 is 2.72 bits per heavy atom. The molecule has 2 amide bonds. The zero-order valence-corrected chi connectivity index (χ0v) is 16.1. The minimum Gasteiger partial charge on any atom is -0.378 e. The van der Waals surface area contributed by atoms with Crippen LogP contribution in [0, 0.1) is 0 Å². The smallest absolute Gasteiger partial charge is 0.276 e. The first-order chi connectivity index (χ1) is 14.2. The number of aromatic nitrogens is 6. The fourth-order valence-corrected chi connectivity index (χ4v) is 3.14. The van der Waals surface area contributed by atoms with Gasteiger partial charge in [-0.05, 0) is 19.1 Å². The summed E-state index contributed by atoms with van der Waals surface area (Å²) in [5.41, 5.74) is 0.972. The van der Waals surface area contributed by atoms with Crippen molar-refractivity contribution in [2.75, 3.05) is 31.6 Å². The SMILES string of the molecule is CCn1ncc(NC(=O)c2ccn(Cn3cccn3)n2)c1C(=O)N1CCOCC1. The lowest BCUT2D eigenvalue weighted by molar-refractivity contribution is 0.0295. The van der Waals surface area contributed by atoms with E-state index in [0.29, 0.717) is 50.9 Å². The number of hydrogen-bond donors (Lipinski definition) is 1. The molecule has 0 saturated carbocycles. The molecular weight excluding hydrogens is 376 g/mol. The van der Waals surface area contributed by atoms with E-state index in [1.165, 1.54) is 6.20 Å². The second kappa shape index (κ2) is 8.27. The zero-order chi connectivity index (χ0) is 20.2. The Labute approximate surface area is 166 Å². The summed E-state index contributed by atoms with van der Waals surface area (Å²) in [5.74, 6) is -0.581. The number of anilines is 1. The molecule has 4 rings (SSSR count). The Morgan fingerprint density at radius 1 is 1.17 bits per heavy atom. The quantitative estimate of drug-likeness (QED) is 0.648. The molecule has 152 valence electrons. The predicted octanol–water partition coefficient (Wildman–Crippen LogP) is 0.526. The van der Waals surface area contributed by atoms with Crippen molar-refractivity contribution in [3.63, 3.8) is 0 Å². The van der Waals surface area contributed by atoms with Gasteiger partial charge in [-0.25, -0.2) is 0 Å². The van der Waals surface area contributed by atoms with Crippen LogP contribution in [-0.4, -0.2) is 72.4 Å². The third-order valence-corrected chi connectivity index (χ3v) is 4.61. The highest BCUT2D eigenvalue weighted by Crippen LogP contribution is 2.19. The molecule has 4 heterocycles. The van der Waals surface area contributed by atoms with Gasteiger partial charge in [0.25, 0.3) is 11.8 Å². The van der Waals surface area contributed by atoms with Crippen LogP contribution in [0.3, 0.4) is 0 Å². The van der Waals surface area contributed by atoms with E-state index < -0.39 is 5.91 Å². The van der Waals surface area contributed by atoms with E-state index in [1.807, 2.05) is 19.2 Å². The van der Waals surface area contributed by atoms with Crippen LogP contribution >= 0.6 is 0 Å². The summed E-state index contributed by atoms with van der Waals surface area (Å²) in [6, 6.07) is 3.43. The first-order valence-electron chi connectivity index (χ1n) is 9.40. The summed E-state index contributed by atoms with van der Waals surface area (Å²) >= 11 is 0. The Hall–Kier alpha value is -3.47. The molecule has 0 aliphatic carbocycles. The molecule has 11 heteroatoms. The second-order valence-corrected chi connectivity index (χ2v) is 6.51. The molecule has 3 aromatic rings. The summed E-state index contributed by atoms with van der Waals surface area (Å²) in [5, 5.41) is 15.4. The zero-order valence-electron chi connectivity index (χ0n) is 16.1. The van der Waals surface area contributed by atoms with Gasteiger partial charge in [-0.1, -0.05) is 0 Å². The highest BCUT2D eigenvalue weighted by Gasteiger charge is 2.26. The monoisotopic (exact) mass is 398 g/mol. The van der Waals surface area contributed by atoms with E-state index in [-0.39, 0.29) is 11.6 Å². The van der Waals surface area contributed by atoms with Crippen LogP contribution in [-0.2, 0) is 18.0 Å². The maximum absolute atomic E-state index is 13.0. The molecule has 1 aliphatic heterocycles. The Balaban J connectivity index is 1.50. The van der Waals surface area contributed by atoms with Gasteiger partial charge in [0.1, 0.15) is 12.4 Å². The van der Waals surface area contributed by atoms with Crippen molar-refractivity contribution in [1.82, 2.24) is 34.2 Å². The van der Waals surface area contributed by atoms with Gasteiger partial charge in [0.05, 0.1) is 25.1 Å². The van der Waals surface area contributed by atoms with Crippen LogP contribution in [0.25, 0.3) is 0 Å². The van der Waals surface area contributed by atoms with Gasteiger partial charge in [-0.15, -0.1) is 0 Å². The third kappa shape index (κ3) is 4.04. The third-order valence-electron chi connectivity index (χ3n) is 4.61. The van der Waals surface area contributed by atoms with Gasteiger partial charge in [0.2, 0.25) is 0 Å². The molecule has 0 spiro atoms. The molecular formula is C18H22N8O3. The van der Waals surface area contributed by atoms with Gasteiger partial charge in [-0.3, -0.25) is 23.6 Å². The summed E-state index contributed by atoms with van der Waals surface area (Å²) in [7, 11) is 0. The van der Waals surface area contributed by atoms with E-state index in [2.05, 4.69) is 20.6 Å². The molecule has 1 aliphatic rings. The van der Waals surface area contributed by atoms with Crippen molar-refractivity contribution >= 4 is 17.5 Å². The number of rotatable bonds is 6. The van der Waals surface area contributed by atoms with Gasteiger partial charge in [0.15, 0.2) is 5.69 Å². The van der Waals surface area contributed by atoms with Crippen molar-refractivity contribution in [2.45, 2.75) is 20.1 Å². The first kappa shape index (κ1) is 18.9. The van der Waals surface area contributed by atoms with Crippen LogP contribution in [0.15, 0.2) is 36.9 Å². The minimum atomic E-state index is -0.407. The molecule has 0 atom stereocenters. The van der Waals surface area contributed by atoms with Gasteiger partial charge in [-0.2, -0.15) is 15.3 Å². The predicted molar refractivity (Wildman–Crippen MR) is 102 cm³/mol. The highest BCUT2D eigenvalue weighted by molar-refractivity contribution is 6.07. The second-order valence-electron chi connectivity index (χ2n) is 6.51. The van der Waals surface area contributed by atoms with E-state index in [4.69, 9.17) is 4.74 Å². The maximum atomic E-state index is 13.0. The lowest BCUT2D eigenvalue weighted by Crippen LogP contribution is -2.41. The fraction of sp³-hybridized carbons (Fsp3) is 0.389. The normalized spacial score (nSPS) is 14.2. The molecule has 1 N–H and O–H groups in total. The largest absolute Gasteiger partial charge is 0.378 e. The molecule has 0 unspecified atom stereocenters. The lowest BCUT2D eigenvalue weighted by Gasteiger charge is -2.27. The average Bonchev–Trinajstić information content (AvgIpc) is 3.49. The van der Waals surface area contributed by atoms with Crippen molar-refractivity contribution in [1.29, 1.82) is 0 Å². The molecule has 3 aromatic heterocycles. The van der Waals surface area contributed by atoms with Crippen molar-refractivity contribution < 1.29 is 14.3 Å². The van der Waals surface area contributed by atoms with Crippen molar-refractivity contribution in [3.05, 3.63) is 48.3 Å². The van der Waals surface area contributed by atoms with Crippen molar-refractivity contribution in [3.8, 4) is 0 Å². The van der Waals surface area contributed by atoms with Crippen LogP contribution < -0.4 is 5.32 Å². The van der Waals surface area contributed by atoms with Gasteiger partial charge >= 0.3 is 0 Å². The Kier molecular flexibility index (Phi) is 5.38. The molecule has 29 heavy (non-hydrogen) atoms. The number of aryl methyl sites for hydroxylation is 1. The number of nitrogens with zero attached hydrogens (tertiary/aromatic N) is 7. The number of nitrogens with one attached hydrogen (secondary N) is 1. The average molecular weight is 398 g/mol. The summed E-state index contributed by atoms with van der Waals surface area (Å²) in [6.45, 7) is 4.83. The van der Waals surface area contributed by atoms with E-state index >= 15 is 0 Å². The van der Waals surface area contributed by atoms with Crippen LogP contribution in [0.2, 0.25) is 0 Å². The number of amides is 2. The Morgan fingerprint density at radius 2 is 2.00 bits per heavy atom. The lowest BCUT2D eigenvalue weighted by atomic mass is 10.2. The fourth-order valence-electron chi connectivity index (χ4n) is 3.14. The summed E-state index contributed by atoms with van der Waals surface area (Å²) < 4.78 is 10.2. The molecule has 11 nitrogen and oxygen atoms in total. The number of ether oxygens (including phenoxy) is 1. The topological polar surface area (TPSA) is 112 Å². The van der Waals surface area contributed by atoms with E-state index in [9.17, 15) is 9.59 Å². The van der Waals surface area contributed by atoms with Gasteiger partial charge < -0.3 is 15.0 Å². The molecule has 1 saturated heterocycles. The number of morpholine rings is 1. The van der Waals surface area contributed by atoms with Crippen LogP contribution in [0.1, 0.15) is 27.9 Å². The highest BCUT2D eigenvalue weighted by atomic mass is 16.5. The molecule has 0 radical (unpaired) electrons. The van der Waals surface area contributed by atoms with Gasteiger partial charge in [0, 0.05) is 38.2 Å². The number of hydrogen-bond acceptors (Lipinski definition) is 6. The van der Waals surface area contributed by atoms with Crippen LogP contribution in [0.5, 0.6) is 0 Å². The standard InChI is InChI=1S/C18H22N8O3/c1-2-26-16(18(28)23-8-10-29-11-9-23)15(12-20-26)21-17(27)14-4-7-25(22-14)13-24-6-3-5-19-24/h3-7,12H,2,8-11,13H2,1H3,(H,21,27). The molecule has 0 bridgehead atoms. The first-order valence-corrected chi connectivity index (χ1v) is 9.40. The minimum absolute atomic E-state index is 0.174. The van der Waals surface area contributed by atoms with E-state index in [0.717, 1.165) is 0 Å². The Bertz CT molecular complexity index is 985. The number of carbonyl (C=O) groups excluding carboxylic acids is 2. The number of carbonyl (C=O) groups is 2. The summed E-state index contributed by atoms with van der Waals surface area (Å²) in [6.07, 6.45) is 6.68. The molecule has 0 aromatic carbocycles. The van der Waals surface area contributed by atoms with Crippen molar-refractivity contribution in [2.24, 2.45) is 0 Å². The maximum Gasteiger partial charge on any atom is 0.276 e. The van der Waals surface area contributed by atoms with Crippen LogP contribution in [0.4, 0.5) is 5.69 Å².